The molecule has 0 aliphatic carbocycles. The predicted octanol–water partition coefficient (Wildman–Crippen LogP) is 5.80. The Hall–Kier alpha value is -3.12. The van der Waals surface area contributed by atoms with Gasteiger partial charge in [0.05, 0.1) is 25.9 Å². The topological polar surface area (TPSA) is 65.1 Å². The van der Waals surface area contributed by atoms with Crippen molar-refractivity contribution in [3.63, 3.8) is 0 Å². The van der Waals surface area contributed by atoms with Crippen LogP contribution in [0.15, 0.2) is 66.2 Å². The molecule has 1 aliphatic rings. The third kappa shape index (κ3) is 7.43. The molecular weight excluding hydrogens is 442 g/mol. The van der Waals surface area contributed by atoms with E-state index in [0.717, 1.165) is 22.4 Å². The molecule has 0 unspecified atom stereocenters. The van der Waals surface area contributed by atoms with Crippen LogP contribution in [0.1, 0.15) is 45.2 Å². The maximum absolute atomic E-state index is 13.2. The van der Waals surface area contributed by atoms with E-state index in [9.17, 15) is 9.59 Å². The molecule has 0 saturated carbocycles. The van der Waals surface area contributed by atoms with Crippen molar-refractivity contribution >= 4 is 12.0 Å². The predicted molar refractivity (Wildman–Crippen MR) is 136 cm³/mol. The van der Waals surface area contributed by atoms with E-state index in [2.05, 4.69) is 19.9 Å². The number of allylic oxidation sites excluding steroid dienone is 1. The molecule has 6 nitrogen and oxygen atoms in total. The lowest BCUT2D eigenvalue weighted by Gasteiger charge is -2.24. The van der Waals surface area contributed by atoms with Crippen molar-refractivity contribution < 1.29 is 23.8 Å². The molecule has 6 heteroatoms. The molecule has 1 fully saturated rings. The van der Waals surface area contributed by atoms with Crippen molar-refractivity contribution in [2.75, 3.05) is 13.7 Å². The minimum atomic E-state index is -0.543. The number of rotatable bonds is 11. The largest absolute Gasteiger partial charge is 0.497 e. The summed E-state index contributed by atoms with van der Waals surface area (Å²) in [4.78, 5) is 26.8. The van der Waals surface area contributed by atoms with Crippen LogP contribution in [0.25, 0.3) is 0 Å². The van der Waals surface area contributed by atoms with Crippen molar-refractivity contribution in [2.45, 2.75) is 59.3 Å². The zero-order valence-corrected chi connectivity index (χ0v) is 21.4. The van der Waals surface area contributed by atoms with Gasteiger partial charge in [0.25, 0.3) is 0 Å². The minimum absolute atomic E-state index is 0.0156. The van der Waals surface area contributed by atoms with Gasteiger partial charge in [0, 0.05) is 11.8 Å². The van der Waals surface area contributed by atoms with Crippen molar-refractivity contribution in [3.05, 3.63) is 77.4 Å². The van der Waals surface area contributed by atoms with Gasteiger partial charge in [-0.2, -0.15) is 0 Å². The highest BCUT2D eigenvalue weighted by molar-refractivity contribution is 5.94. The zero-order chi connectivity index (χ0) is 25.4. The number of carbonyl (C=O) groups excluding carboxylic acids is 2. The molecule has 0 aromatic heterocycles. The number of methoxy groups -OCH3 is 1. The van der Waals surface area contributed by atoms with Crippen LogP contribution in [-0.4, -0.2) is 42.8 Å². The second kappa shape index (κ2) is 12.5. The number of cyclic esters (lactones) is 1. The lowest BCUT2D eigenvalue weighted by atomic mass is 9.95. The zero-order valence-electron chi connectivity index (χ0n) is 21.4. The smallest absolute Gasteiger partial charge is 0.416 e. The second-order valence-corrected chi connectivity index (χ2v) is 9.47. The SMILES string of the molecule is COc1ccc(CO[C@H](C)[C@H](C)/C=C(\C)C[C@H](C)C(=O)N2C(=O)OC[C@H]2Cc2ccccc2)cc1. The van der Waals surface area contributed by atoms with Gasteiger partial charge >= 0.3 is 6.09 Å². The van der Waals surface area contributed by atoms with Crippen molar-refractivity contribution in [1.29, 1.82) is 0 Å². The molecule has 188 valence electrons. The minimum Gasteiger partial charge on any atom is -0.497 e. The number of nitrogens with zero attached hydrogens (tertiary/aromatic N) is 1. The Labute approximate surface area is 208 Å². The van der Waals surface area contributed by atoms with Crippen LogP contribution in [0.2, 0.25) is 0 Å². The van der Waals surface area contributed by atoms with E-state index in [1.807, 2.05) is 68.4 Å². The summed E-state index contributed by atoms with van der Waals surface area (Å²) in [5.41, 5.74) is 3.27. The van der Waals surface area contributed by atoms with E-state index in [1.165, 1.54) is 4.90 Å². The molecule has 1 heterocycles. The van der Waals surface area contributed by atoms with E-state index >= 15 is 0 Å². The quantitative estimate of drug-likeness (QED) is 0.381. The highest BCUT2D eigenvalue weighted by Crippen LogP contribution is 2.24. The maximum Gasteiger partial charge on any atom is 0.416 e. The monoisotopic (exact) mass is 479 g/mol. The summed E-state index contributed by atoms with van der Waals surface area (Å²) in [5.74, 6) is 0.500. The van der Waals surface area contributed by atoms with Crippen LogP contribution in [-0.2, 0) is 27.3 Å². The first kappa shape index (κ1) is 26.5. The molecule has 2 aromatic carbocycles. The van der Waals surface area contributed by atoms with Gasteiger partial charge in [-0.25, -0.2) is 9.69 Å². The first-order chi connectivity index (χ1) is 16.8. The molecule has 2 aromatic rings. The summed E-state index contributed by atoms with van der Waals surface area (Å²) in [6.07, 6.45) is 2.81. The lowest BCUT2D eigenvalue weighted by Crippen LogP contribution is -2.43. The van der Waals surface area contributed by atoms with Gasteiger partial charge in [-0.3, -0.25) is 4.79 Å². The normalized spacial score (nSPS) is 18.7. The summed E-state index contributed by atoms with van der Waals surface area (Å²) in [5, 5.41) is 0. The average molecular weight is 480 g/mol. The third-order valence-corrected chi connectivity index (χ3v) is 6.52. The second-order valence-electron chi connectivity index (χ2n) is 9.47. The van der Waals surface area contributed by atoms with Crippen LogP contribution >= 0.6 is 0 Å². The number of benzene rings is 2. The van der Waals surface area contributed by atoms with E-state index in [4.69, 9.17) is 14.2 Å². The van der Waals surface area contributed by atoms with Gasteiger partial charge in [0.2, 0.25) is 5.91 Å². The Balaban J connectivity index is 1.53. The first-order valence-electron chi connectivity index (χ1n) is 12.2. The van der Waals surface area contributed by atoms with Gasteiger partial charge < -0.3 is 14.2 Å². The van der Waals surface area contributed by atoms with Crippen LogP contribution in [0.3, 0.4) is 0 Å². The van der Waals surface area contributed by atoms with Crippen LogP contribution in [0, 0.1) is 11.8 Å². The van der Waals surface area contributed by atoms with E-state index in [0.29, 0.717) is 19.4 Å². The fraction of sp³-hybridized carbons (Fsp3) is 0.448. The Morgan fingerprint density at radius 3 is 2.43 bits per heavy atom. The Morgan fingerprint density at radius 2 is 1.77 bits per heavy atom. The van der Waals surface area contributed by atoms with E-state index in [-0.39, 0.29) is 36.5 Å². The van der Waals surface area contributed by atoms with Crippen LogP contribution in [0.4, 0.5) is 4.79 Å². The summed E-state index contributed by atoms with van der Waals surface area (Å²) >= 11 is 0. The molecule has 0 N–H and O–H groups in total. The highest BCUT2D eigenvalue weighted by Gasteiger charge is 2.39. The fourth-order valence-corrected chi connectivity index (χ4v) is 4.33. The van der Waals surface area contributed by atoms with Crippen LogP contribution in [0.5, 0.6) is 5.75 Å². The van der Waals surface area contributed by atoms with Crippen LogP contribution < -0.4 is 4.74 Å². The molecule has 4 atom stereocenters. The van der Waals surface area contributed by atoms with Crippen molar-refractivity contribution in [1.82, 2.24) is 4.90 Å². The molecule has 0 bridgehead atoms. The Kier molecular flexibility index (Phi) is 9.49. The fourth-order valence-electron chi connectivity index (χ4n) is 4.33. The molecule has 35 heavy (non-hydrogen) atoms. The summed E-state index contributed by atoms with van der Waals surface area (Å²) in [6.45, 7) is 8.83. The number of hydrogen-bond donors (Lipinski definition) is 0. The van der Waals surface area contributed by atoms with Crippen molar-refractivity contribution in [2.24, 2.45) is 11.8 Å². The maximum atomic E-state index is 13.2. The van der Waals surface area contributed by atoms with Gasteiger partial charge in [-0.1, -0.05) is 68.0 Å². The van der Waals surface area contributed by atoms with Gasteiger partial charge in [0.15, 0.2) is 0 Å². The molecule has 1 saturated heterocycles. The molecule has 0 spiro atoms. The average Bonchev–Trinajstić information content (AvgIpc) is 3.22. The highest BCUT2D eigenvalue weighted by atomic mass is 16.6. The lowest BCUT2D eigenvalue weighted by molar-refractivity contribution is -0.132. The molecular formula is C29H37NO5. The Morgan fingerprint density at radius 1 is 1.09 bits per heavy atom. The summed E-state index contributed by atoms with van der Waals surface area (Å²) < 4.78 is 16.5. The molecule has 2 amide bonds. The number of imide groups is 1. The number of hydrogen-bond acceptors (Lipinski definition) is 5. The molecule has 3 rings (SSSR count). The van der Waals surface area contributed by atoms with E-state index in [1.54, 1.807) is 7.11 Å². The van der Waals surface area contributed by atoms with Gasteiger partial charge in [-0.05, 0) is 49.9 Å². The number of carbonyl (C=O) groups is 2. The van der Waals surface area contributed by atoms with Gasteiger partial charge in [0.1, 0.15) is 12.4 Å². The number of ether oxygens (including phenoxy) is 3. The third-order valence-electron chi connectivity index (χ3n) is 6.52. The van der Waals surface area contributed by atoms with E-state index < -0.39 is 6.09 Å². The number of amides is 2. The van der Waals surface area contributed by atoms with Crippen molar-refractivity contribution in [3.8, 4) is 5.75 Å². The molecule has 1 aliphatic heterocycles. The first-order valence-corrected chi connectivity index (χ1v) is 12.2. The summed E-state index contributed by atoms with van der Waals surface area (Å²) in [6, 6.07) is 17.4. The molecule has 0 radical (unpaired) electrons. The summed E-state index contributed by atoms with van der Waals surface area (Å²) in [7, 11) is 1.65. The van der Waals surface area contributed by atoms with Gasteiger partial charge in [-0.15, -0.1) is 0 Å². The Bertz CT molecular complexity index is 1000. The standard InChI is InChI=1S/C29H37NO5/c1-20(15-21(2)23(4)34-18-25-11-13-27(33-5)14-12-25)16-22(3)28(31)30-26(19-35-29(30)32)17-24-9-7-6-8-10-24/h6-15,21-23,26H,16-19H2,1-5H3/b20-15+/t21-,22+,23-,26-/m1/s1.